The van der Waals surface area contributed by atoms with E-state index in [1.165, 1.54) is 4.90 Å². The largest absolute Gasteiger partial charge is 0.493 e. The van der Waals surface area contributed by atoms with Crippen LogP contribution in [0.4, 0.5) is 4.79 Å². The maximum absolute atomic E-state index is 13.1. The van der Waals surface area contributed by atoms with Crippen molar-refractivity contribution in [2.24, 2.45) is 5.92 Å². The van der Waals surface area contributed by atoms with Crippen molar-refractivity contribution in [2.75, 3.05) is 27.3 Å². The summed E-state index contributed by atoms with van der Waals surface area (Å²) in [6.07, 6.45) is -0.0670. The molecule has 196 valence electrons. The number of nitrogens with zero attached hydrogens (tertiary/aromatic N) is 1. The molecule has 1 atom stereocenters. The molecule has 1 fully saturated rings. The SMILES string of the molecule is CCc1cc(Cl)c(CC(OC(=O)C2CN(C(=O)OC(C)(C)C)C2)c2ccc(OC)c(OC)c2)c(Cl)c1. The second-order valence-corrected chi connectivity index (χ2v) is 10.5. The van der Waals surface area contributed by atoms with Crippen molar-refractivity contribution in [3.05, 3.63) is 57.1 Å². The maximum Gasteiger partial charge on any atom is 0.410 e. The molecule has 1 unspecified atom stereocenters. The number of hydrogen-bond acceptors (Lipinski definition) is 6. The fourth-order valence-corrected chi connectivity index (χ4v) is 4.55. The summed E-state index contributed by atoms with van der Waals surface area (Å²) in [4.78, 5) is 26.8. The zero-order valence-corrected chi connectivity index (χ0v) is 23.0. The number of carbonyl (C=O) groups excluding carboxylic acids is 2. The summed E-state index contributed by atoms with van der Waals surface area (Å²) < 4.78 is 22.1. The van der Waals surface area contributed by atoms with Gasteiger partial charge in [-0.2, -0.15) is 0 Å². The second-order valence-electron chi connectivity index (χ2n) is 9.72. The highest BCUT2D eigenvalue weighted by molar-refractivity contribution is 6.36. The van der Waals surface area contributed by atoms with E-state index in [0.29, 0.717) is 32.7 Å². The van der Waals surface area contributed by atoms with Gasteiger partial charge in [-0.25, -0.2) is 4.79 Å². The van der Waals surface area contributed by atoms with E-state index in [1.807, 2.05) is 25.1 Å². The van der Waals surface area contributed by atoms with E-state index in [1.54, 1.807) is 47.1 Å². The minimum Gasteiger partial charge on any atom is -0.493 e. The molecule has 0 N–H and O–H groups in total. The van der Waals surface area contributed by atoms with Gasteiger partial charge in [-0.3, -0.25) is 4.79 Å². The molecule has 1 heterocycles. The van der Waals surface area contributed by atoms with E-state index in [2.05, 4.69) is 0 Å². The fourth-order valence-electron chi connectivity index (χ4n) is 3.86. The lowest BCUT2D eigenvalue weighted by Gasteiger charge is -2.38. The fraction of sp³-hybridized carbons (Fsp3) is 0.481. The van der Waals surface area contributed by atoms with Gasteiger partial charge in [0, 0.05) is 29.6 Å². The van der Waals surface area contributed by atoms with E-state index >= 15 is 0 Å². The lowest BCUT2D eigenvalue weighted by atomic mass is 9.97. The molecule has 0 aromatic heterocycles. The van der Waals surface area contributed by atoms with Crippen LogP contribution in [-0.4, -0.2) is 49.9 Å². The number of rotatable bonds is 8. The van der Waals surface area contributed by atoms with Gasteiger partial charge in [0.1, 0.15) is 11.7 Å². The van der Waals surface area contributed by atoms with Gasteiger partial charge in [0.2, 0.25) is 0 Å². The van der Waals surface area contributed by atoms with Gasteiger partial charge in [0.05, 0.1) is 20.1 Å². The van der Waals surface area contributed by atoms with Gasteiger partial charge >= 0.3 is 12.1 Å². The number of halogens is 2. The third-order valence-electron chi connectivity index (χ3n) is 5.90. The van der Waals surface area contributed by atoms with Crippen LogP contribution in [0.1, 0.15) is 50.5 Å². The van der Waals surface area contributed by atoms with Crippen LogP contribution in [0.15, 0.2) is 30.3 Å². The van der Waals surface area contributed by atoms with Crippen molar-refractivity contribution >= 4 is 35.3 Å². The Kier molecular flexibility index (Phi) is 9.01. The van der Waals surface area contributed by atoms with Crippen molar-refractivity contribution in [3.8, 4) is 11.5 Å². The molecule has 0 saturated carbocycles. The predicted molar refractivity (Wildman–Crippen MR) is 139 cm³/mol. The average Bonchev–Trinajstić information content (AvgIpc) is 2.77. The quantitative estimate of drug-likeness (QED) is 0.369. The highest BCUT2D eigenvalue weighted by Crippen LogP contribution is 2.37. The predicted octanol–water partition coefficient (Wildman–Crippen LogP) is 6.27. The van der Waals surface area contributed by atoms with Crippen LogP contribution in [0.2, 0.25) is 10.0 Å². The maximum atomic E-state index is 13.1. The van der Waals surface area contributed by atoms with Crippen LogP contribution < -0.4 is 9.47 Å². The van der Waals surface area contributed by atoms with Crippen LogP contribution in [0.5, 0.6) is 11.5 Å². The number of carbonyl (C=O) groups is 2. The van der Waals surface area contributed by atoms with Crippen molar-refractivity contribution in [1.29, 1.82) is 0 Å². The Bertz CT molecular complexity index is 1080. The van der Waals surface area contributed by atoms with Gasteiger partial charge < -0.3 is 23.8 Å². The summed E-state index contributed by atoms with van der Waals surface area (Å²) in [6, 6.07) is 9.09. The Balaban J connectivity index is 1.82. The molecule has 1 saturated heterocycles. The highest BCUT2D eigenvalue weighted by Gasteiger charge is 2.40. The van der Waals surface area contributed by atoms with Crippen LogP contribution in [0, 0.1) is 5.92 Å². The first-order valence-corrected chi connectivity index (χ1v) is 12.6. The Morgan fingerprint density at radius 3 is 2.17 bits per heavy atom. The number of hydrogen-bond donors (Lipinski definition) is 0. The molecule has 1 aliphatic rings. The molecular weight excluding hydrogens is 505 g/mol. The van der Waals surface area contributed by atoms with Crippen molar-refractivity contribution in [1.82, 2.24) is 4.90 Å². The van der Waals surface area contributed by atoms with Crippen LogP contribution >= 0.6 is 23.2 Å². The molecular formula is C27H33Cl2NO6. The zero-order valence-electron chi connectivity index (χ0n) is 21.5. The first-order valence-electron chi connectivity index (χ1n) is 11.8. The molecule has 3 rings (SSSR count). The number of likely N-dealkylation sites (tertiary alicyclic amines) is 1. The number of esters is 1. The van der Waals surface area contributed by atoms with Gasteiger partial charge in [0.15, 0.2) is 11.5 Å². The van der Waals surface area contributed by atoms with E-state index in [9.17, 15) is 9.59 Å². The molecule has 0 spiro atoms. The average molecular weight is 538 g/mol. The second kappa shape index (κ2) is 11.6. The number of methoxy groups -OCH3 is 2. The number of benzene rings is 2. The first kappa shape index (κ1) is 27.9. The monoisotopic (exact) mass is 537 g/mol. The highest BCUT2D eigenvalue weighted by atomic mass is 35.5. The topological polar surface area (TPSA) is 74.3 Å². The van der Waals surface area contributed by atoms with E-state index in [0.717, 1.165) is 12.0 Å². The van der Waals surface area contributed by atoms with E-state index < -0.39 is 29.7 Å². The summed E-state index contributed by atoms with van der Waals surface area (Å²) in [7, 11) is 3.09. The molecule has 2 aromatic rings. The summed E-state index contributed by atoms with van der Waals surface area (Å²) >= 11 is 13.1. The minimum absolute atomic E-state index is 0.235. The Hall–Kier alpha value is -2.64. The summed E-state index contributed by atoms with van der Waals surface area (Å²) in [5, 5.41) is 1.03. The van der Waals surface area contributed by atoms with Crippen LogP contribution in [0.25, 0.3) is 0 Å². The van der Waals surface area contributed by atoms with Gasteiger partial charge in [0.25, 0.3) is 0 Å². The molecule has 0 bridgehead atoms. The van der Waals surface area contributed by atoms with E-state index in [4.69, 9.17) is 42.1 Å². The lowest BCUT2D eigenvalue weighted by molar-refractivity contribution is -0.159. The van der Waals surface area contributed by atoms with Gasteiger partial charge in [-0.1, -0.05) is 36.2 Å². The van der Waals surface area contributed by atoms with Crippen molar-refractivity contribution < 1.29 is 28.5 Å². The smallest absolute Gasteiger partial charge is 0.410 e. The molecule has 0 aliphatic carbocycles. The molecule has 9 heteroatoms. The van der Waals surface area contributed by atoms with Crippen LogP contribution in [0.3, 0.4) is 0 Å². The Morgan fingerprint density at radius 1 is 1.03 bits per heavy atom. The van der Waals surface area contributed by atoms with Crippen molar-refractivity contribution in [2.45, 2.75) is 52.2 Å². The van der Waals surface area contributed by atoms with Gasteiger partial charge in [-0.05, 0) is 68.1 Å². The molecule has 2 aromatic carbocycles. The number of aryl methyl sites for hydroxylation is 1. The molecule has 1 amide bonds. The minimum atomic E-state index is -0.685. The molecule has 36 heavy (non-hydrogen) atoms. The van der Waals surface area contributed by atoms with Crippen LogP contribution in [-0.2, 0) is 27.1 Å². The lowest BCUT2D eigenvalue weighted by Crippen LogP contribution is -2.54. The number of ether oxygens (including phenoxy) is 4. The third kappa shape index (κ3) is 6.77. The van der Waals surface area contributed by atoms with Gasteiger partial charge in [-0.15, -0.1) is 0 Å². The number of amides is 1. The Morgan fingerprint density at radius 2 is 1.64 bits per heavy atom. The normalized spacial score (nSPS) is 14.6. The summed E-state index contributed by atoms with van der Waals surface area (Å²) in [5.74, 6) is 0.205. The van der Waals surface area contributed by atoms with Crippen molar-refractivity contribution in [3.63, 3.8) is 0 Å². The molecule has 1 aliphatic heterocycles. The third-order valence-corrected chi connectivity index (χ3v) is 6.58. The Labute approximate surface area is 222 Å². The van der Waals surface area contributed by atoms with E-state index in [-0.39, 0.29) is 19.5 Å². The summed E-state index contributed by atoms with van der Waals surface area (Å²) in [5.41, 5.74) is 1.81. The standard InChI is InChI=1S/C27H33Cl2NO6/c1-7-16-10-20(28)19(21(29)11-16)13-23(17-8-9-22(33-5)24(12-17)34-6)35-25(31)18-14-30(15-18)26(32)36-27(2,3)4/h8-12,18,23H,7,13-15H2,1-6H3. The first-order chi connectivity index (χ1) is 16.9. The molecule has 0 radical (unpaired) electrons. The summed E-state index contributed by atoms with van der Waals surface area (Å²) in [6.45, 7) is 7.89. The zero-order chi connectivity index (χ0) is 26.6. The molecule has 7 nitrogen and oxygen atoms in total.